The second-order valence-electron chi connectivity index (χ2n) is 4.19. The van der Waals surface area contributed by atoms with Crippen molar-refractivity contribution in [3.05, 3.63) is 36.4 Å². The molecule has 0 radical (unpaired) electrons. The zero-order valence-electron chi connectivity index (χ0n) is 11.4. The molecule has 0 saturated carbocycles. The van der Waals surface area contributed by atoms with Gasteiger partial charge in [0.25, 0.3) is 0 Å². The van der Waals surface area contributed by atoms with E-state index >= 15 is 0 Å². The highest BCUT2D eigenvalue weighted by Gasteiger charge is 2.14. The Morgan fingerprint density at radius 3 is 2.82 bits per heavy atom. The molecule has 0 saturated heterocycles. The molecule has 0 unspecified atom stereocenters. The van der Waals surface area contributed by atoms with Gasteiger partial charge in [0.1, 0.15) is 17.2 Å². The monoisotopic (exact) mass is 319 g/mol. The van der Waals surface area contributed by atoms with Gasteiger partial charge in [0.15, 0.2) is 11.2 Å². The van der Waals surface area contributed by atoms with Crippen molar-refractivity contribution in [1.29, 1.82) is 0 Å². The maximum absolute atomic E-state index is 13.0. The molecule has 1 aromatic carbocycles. The van der Waals surface area contributed by atoms with Crippen molar-refractivity contribution in [1.82, 2.24) is 25.0 Å². The van der Waals surface area contributed by atoms with Gasteiger partial charge in [-0.2, -0.15) is 4.68 Å². The van der Waals surface area contributed by atoms with E-state index in [1.54, 1.807) is 12.1 Å². The lowest BCUT2D eigenvalue weighted by Gasteiger charge is -2.02. The lowest BCUT2D eigenvalue weighted by molar-refractivity contribution is -0.137. The molecule has 0 fully saturated rings. The number of carbonyl (C=O) groups is 1. The summed E-state index contributed by atoms with van der Waals surface area (Å²) in [6.07, 6.45) is 1.37. The number of thioether (sulfide) groups is 1. The van der Waals surface area contributed by atoms with Gasteiger partial charge >= 0.3 is 5.97 Å². The fourth-order valence-corrected chi connectivity index (χ4v) is 2.54. The van der Waals surface area contributed by atoms with Crippen LogP contribution in [0.5, 0.6) is 0 Å². The van der Waals surface area contributed by atoms with Crippen molar-refractivity contribution in [2.75, 3.05) is 12.9 Å². The van der Waals surface area contributed by atoms with E-state index in [9.17, 15) is 9.18 Å². The number of hydrogen-bond acceptors (Lipinski definition) is 7. The summed E-state index contributed by atoms with van der Waals surface area (Å²) < 4.78 is 19.1. The van der Waals surface area contributed by atoms with Crippen molar-refractivity contribution in [3.63, 3.8) is 0 Å². The van der Waals surface area contributed by atoms with Crippen LogP contribution in [-0.4, -0.2) is 43.8 Å². The Labute approximate surface area is 128 Å². The third kappa shape index (κ3) is 2.75. The summed E-state index contributed by atoms with van der Waals surface area (Å²) in [6.45, 7) is 0. The summed E-state index contributed by atoms with van der Waals surface area (Å²) in [6, 6.07) is 5.81. The molecule has 2 heterocycles. The van der Waals surface area contributed by atoms with Gasteiger partial charge in [-0.05, 0) is 24.3 Å². The Morgan fingerprint density at radius 2 is 2.09 bits per heavy atom. The largest absolute Gasteiger partial charge is 0.468 e. The number of ether oxygens (including phenoxy) is 1. The number of halogens is 1. The third-order valence-electron chi connectivity index (χ3n) is 2.83. The molecule has 3 aromatic rings. The highest BCUT2D eigenvalue weighted by Crippen LogP contribution is 2.24. The minimum absolute atomic E-state index is 0.117. The van der Waals surface area contributed by atoms with Crippen LogP contribution >= 0.6 is 11.8 Å². The molecular formula is C13H10FN5O2S. The second-order valence-corrected chi connectivity index (χ2v) is 5.16. The quantitative estimate of drug-likeness (QED) is 0.410. The summed E-state index contributed by atoms with van der Waals surface area (Å²) in [5.74, 6) is -0.578. The number of carbonyl (C=O) groups excluding carboxylic acids is 1. The summed E-state index contributed by atoms with van der Waals surface area (Å²) in [5, 5.41) is 8.59. The minimum atomic E-state index is -0.359. The molecule has 7 nitrogen and oxygen atoms in total. The first kappa shape index (κ1) is 14.4. The van der Waals surface area contributed by atoms with Crippen molar-refractivity contribution in [3.8, 4) is 5.69 Å². The Balaban J connectivity index is 1.98. The number of methoxy groups -OCH3 is 1. The molecule has 22 heavy (non-hydrogen) atoms. The lowest BCUT2D eigenvalue weighted by atomic mass is 10.3. The average molecular weight is 319 g/mol. The molecule has 3 rings (SSSR count). The highest BCUT2D eigenvalue weighted by atomic mass is 32.2. The Morgan fingerprint density at radius 1 is 1.32 bits per heavy atom. The van der Waals surface area contributed by atoms with E-state index in [1.165, 1.54) is 42.0 Å². The first-order valence-electron chi connectivity index (χ1n) is 6.21. The molecule has 0 aliphatic rings. The molecular weight excluding hydrogens is 309 g/mol. The zero-order valence-corrected chi connectivity index (χ0v) is 12.2. The number of aromatic nitrogens is 5. The molecule has 0 spiro atoms. The van der Waals surface area contributed by atoms with Gasteiger partial charge in [0, 0.05) is 0 Å². The standard InChI is InChI=1S/C13H10FN5O2S/c1-21-10(20)6-22-13-11-12(15-7-16-13)19(18-17-11)9-4-2-8(14)3-5-9/h2-5,7H,6H2,1H3. The molecule has 0 bridgehead atoms. The molecule has 2 aromatic heterocycles. The Kier molecular flexibility index (Phi) is 3.96. The smallest absolute Gasteiger partial charge is 0.316 e. The number of rotatable bonds is 4. The second kappa shape index (κ2) is 6.06. The van der Waals surface area contributed by atoms with Gasteiger partial charge in [-0.3, -0.25) is 4.79 Å². The Bertz CT molecular complexity index is 821. The first-order chi connectivity index (χ1) is 10.7. The van der Waals surface area contributed by atoms with E-state index < -0.39 is 0 Å². The van der Waals surface area contributed by atoms with Crippen LogP contribution < -0.4 is 0 Å². The van der Waals surface area contributed by atoms with Crippen LogP contribution in [0.15, 0.2) is 35.6 Å². The van der Waals surface area contributed by atoms with Crippen LogP contribution in [0.1, 0.15) is 0 Å². The lowest BCUT2D eigenvalue weighted by Crippen LogP contribution is -2.03. The maximum atomic E-state index is 13.0. The molecule has 0 aliphatic heterocycles. The van der Waals surface area contributed by atoms with E-state index in [1.807, 2.05) is 0 Å². The van der Waals surface area contributed by atoms with E-state index in [4.69, 9.17) is 0 Å². The van der Waals surface area contributed by atoms with Crippen molar-refractivity contribution in [2.45, 2.75) is 5.03 Å². The normalized spacial score (nSPS) is 10.8. The third-order valence-corrected chi connectivity index (χ3v) is 3.78. The van der Waals surface area contributed by atoms with Crippen LogP contribution in [0.2, 0.25) is 0 Å². The fraction of sp³-hybridized carbons (Fsp3) is 0.154. The number of fused-ring (bicyclic) bond motifs is 1. The van der Waals surface area contributed by atoms with Crippen molar-refractivity contribution >= 4 is 28.9 Å². The number of esters is 1. The van der Waals surface area contributed by atoms with Gasteiger partial charge in [0.2, 0.25) is 0 Å². The predicted molar refractivity (Wildman–Crippen MR) is 77.2 cm³/mol. The van der Waals surface area contributed by atoms with Gasteiger partial charge in [-0.15, -0.1) is 5.10 Å². The van der Waals surface area contributed by atoms with E-state index in [2.05, 4.69) is 25.0 Å². The summed E-state index contributed by atoms with van der Waals surface area (Å²) in [4.78, 5) is 19.5. The van der Waals surface area contributed by atoms with Crippen LogP contribution in [0, 0.1) is 5.82 Å². The SMILES string of the molecule is COC(=O)CSc1ncnc2c1nnn2-c1ccc(F)cc1. The topological polar surface area (TPSA) is 82.8 Å². The molecule has 0 atom stereocenters. The van der Waals surface area contributed by atoms with Gasteiger partial charge in [0.05, 0.1) is 18.6 Å². The van der Waals surface area contributed by atoms with Gasteiger partial charge in [-0.25, -0.2) is 14.4 Å². The van der Waals surface area contributed by atoms with Gasteiger partial charge in [-0.1, -0.05) is 17.0 Å². The van der Waals surface area contributed by atoms with Crippen LogP contribution in [0.4, 0.5) is 4.39 Å². The van der Waals surface area contributed by atoms with Crippen LogP contribution in [0.3, 0.4) is 0 Å². The number of nitrogens with zero attached hydrogens (tertiary/aromatic N) is 5. The van der Waals surface area contributed by atoms with Crippen LogP contribution in [-0.2, 0) is 9.53 Å². The summed E-state index contributed by atoms with van der Waals surface area (Å²) >= 11 is 1.19. The summed E-state index contributed by atoms with van der Waals surface area (Å²) in [7, 11) is 1.32. The van der Waals surface area contributed by atoms with E-state index in [0.717, 1.165) is 0 Å². The molecule has 112 valence electrons. The number of hydrogen-bond donors (Lipinski definition) is 0. The molecule has 0 aliphatic carbocycles. The van der Waals surface area contributed by atoms with Crippen molar-refractivity contribution in [2.24, 2.45) is 0 Å². The average Bonchev–Trinajstić information content (AvgIpc) is 2.98. The fourth-order valence-electron chi connectivity index (χ4n) is 1.78. The summed E-state index contributed by atoms with van der Waals surface area (Å²) in [5.41, 5.74) is 1.58. The van der Waals surface area contributed by atoms with Crippen molar-refractivity contribution < 1.29 is 13.9 Å². The van der Waals surface area contributed by atoms with Crippen LogP contribution in [0.25, 0.3) is 16.9 Å². The molecule has 0 N–H and O–H groups in total. The van der Waals surface area contributed by atoms with E-state index in [-0.39, 0.29) is 17.5 Å². The first-order valence-corrected chi connectivity index (χ1v) is 7.19. The molecule has 9 heteroatoms. The number of benzene rings is 1. The van der Waals surface area contributed by atoms with E-state index in [0.29, 0.717) is 21.9 Å². The Hall–Kier alpha value is -2.55. The minimum Gasteiger partial charge on any atom is -0.468 e. The van der Waals surface area contributed by atoms with Gasteiger partial charge < -0.3 is 4.74 Å². The maximum Gasteiger partial charge on any atom is 0.316 e. The zero-order chi connectivity index (χ0) is 15.5. The highest BCUT2D eigenvalue weighted by molar-refractivity contribution is 8.00. The predicted octanol–water partition coefficient (Wildman–Crippen LogP) is 1.61. The molecule has 0 amide bonds.